The van der Waals surface area contributed by atoms with Gasteiger partial charge < -0.3 is 15.1 Å². The Bertz CT molecular complexity index is 811. The third-order valence-electron chi connectivity index (χ3n) is 4.75. The summed E-state index contributed by atoms with van der Waals surface area (Å²) in [6, 6.07) is 16.6. The smallest absolute Gasteiger partial charge is 0.225 e. The molecule has 1 fully saturated rings. The van der Waals surface area contributed by atoms with Crippen molar-refractivity contribution in [1.82, 2.24) is 9.97 Å². The number of rotatable bonds is 6. The zero-order chi connectivity index (χ0) is 17.6. The van der Waals surface area contributed by atoms with Crippen LogP contribution in [0.1, 0.15) is 37.9 Å². The van der Waals surface area contributed by atoms with E-state index >= 15 is 0 Å². The van der Waals surface area contributed by atoms with Crippen molar-refractivity contribution in [3.63, 3.8) is 0 Å². The van der Waals surface area contributed by atoms with Crippen molar-refractivity contribution >= 4 is 11.8 Å². The van der Waals surface area contributed by atoms with Gasteiger partial charge in [-0.1, -0.05) is 49.6 Å². The van der Waals surface area contributed by atoms with Gasteiger partial charge in [-0.3, -0.25) is 0 Å². The van der Waals surface area contributed by atoms with Crippen LogP contribution in [0.25, 0.3) is 11.3 Å². The van der Waals surface area contributed by atoms with Crippen molar-refractivity contribution in [1.29, 1.82) is 0 Å². The lowest BCUT2D eigenvalue weighted by Gasteiger charge is -2.23. The number of aromatic nitrogens is 2. The zero-order valence-electron chi connectivity index (χ0n) is 14.8. The van der Waals surface area contributed by atoms with E-state index in [0.717, 1.165) is 22.8 Å². The van der Waals surface area contributed by atoms with E-state index in [0.29, 0.717) is 18.5 Å². The Morgan fingerprint density at radius 3 is 2.58 bits per heavy atom. The molecule has 0 bridgehead atoms. The van der Waals surface area contributed by atoms with E-state index in [2.05, 4.69) is 27.8 Å². The molecule has 1 aliphatic rings. The van der Waals surface area contributed by atoms with E-state index < -0.39 is 0 Å². The molecule has 26 heavy (non-hydrogen) atoms. The van der Waals surface area contributed by atoms with Gasteiger partial charge in [0.15, 0.2) is 0 Å². The van der Waals surface area contributed by atoms with E-state index in [1.807, 2.05) is 36.4 Å². The Hall–Kier alpha value is -2.82. The van der Waals surface area contributed by atoms with Gasteiger partial charge in [0.1, 0.15) is 11.6 Å². The van der Waals surface area contributed by atoms with E-state index in [1.54, 1.807) is 6.26 Å². The molecular formula is C21H24N4O. The van der Waals surface area contributed by atoms with Crippen LogP contribution in [0.15, 0.2) is 59.2 Å². The van der Waals surface area contributed by atoms with Crippen LogP contribution in [0.5, 0.6) is 0 Å². The lowest BCUT2D eigenvalue weighted by molar-refractivity contribution is 0.462. The largest absolute Gasteiger partial charge is 0.467 e. The number of nitrogens with one attached hydrogen (secondary N) is 2. The number of nitrogens with zero attached hydrogens (tertiary/aromatic N) is 2. The Morgan fingerprint density at radius 2 is 1.81 bits per heavy atom. The predicted octanol–water partition coefficient (Wildman–Crippen LogP) is 5.09. The van der Waals surface area contributed by atoms with Crippen molar-refractivity contribution in [3.8, 4) is 11.3 Å². The van der Waals surface area contributed by atoms with E-state index in [4.69, 9.17) is 9.40 Å². The molecule has 1 aliphatic carbocycles. The second kappa shape index (κ2) is 8.04. The molecule has 2 aromatic heterocycles. The number of benzene rings is 1. The SMILES string of the molecule is c1ccc(-c2cc(NC3CCCCC3)nc(NCc3ccco3)n2)cc1. The van der Waals surface area contributed by atoms with Crippen LogP contribution in [0.2, 0.25) is 0 Å². The molecule has 5 heteroatoms. The van der Waals surface area contributed by atoms with Crippen molar-refractivity contribution in [2.75, 3.05) is 10.6 Å². The van der Waals surface area contributed by atoms with Gasteiger partial charge in [-0.15, -0.1) is 0 Å². The minimum atomic E-state index is 0.500. The van der Waals surface area contributed by atoms with Crippen LogP contribution in [-0.4, -0.2) is 16.0 Å². The maximum absolute atomic E-state index is 5.39. The molecule has 0 atom stereocenters. The molecule has 5 nitrogen and oxygen atoms in total. The minimum Gasteiger partial charge on any atom is -0.467 e. The number of hydrogen-bond acceptors (Lipinski definition) is 5. The third-order valence-corrected chi connectivity index (χ3v) is 4.75. The first-order valence-corrected chi connectivity index (χ1v) is 9.34. The predicted molar refractivity (Wildman–Crippen MR) is 104 cm³/mol. The second-order valence-electron chi connectivity index (χ2n) is 6.74. The molecule has 0 amide bonds. The van der Waals surface area contributed by atoms with Gasteiger partial charge in [0.05, 0.1) is 18.5 Å². The first kappa shape index (κ1) is 16.6. The summed E-state index contributed by atoms with van der Waals surface area (Å²) in [6.07, 6.45) is 8.01. The summed E-state index contributed by atoms with van der Waals surface area (Å²) in [5.74, 6) is 2.36. The molecule has 4 rings (SSSR count). The summed E-state index contributed by atoms with van der Waals surface area (Å²) in [4.78, 5) is 9.37. The van der Waals surface area contributed by atoms with Crippen LogP contribution in [0.3, 0.4) is 0 Å². The fraction of sp³-hybridized carbons (Fsp3) is 0.333. The fourth-order valence-corrected chi connectivity index (χ4v) is 3.39. The number of anilines is 2. The molecule has 0 aliphatic heterocycles. The summed E-state index contributed by atoms with van der Waals surface area (Å²) in [5, 5.41) is 6.89. The third kappa shape index (κ3) is 4.23. The maximum Gasteiger partial charge on any atom is 0.225 e. The van der Waals surface area contributed by atoms with Gasteiger partial charge in [-0.25, -0.2) is 4.98 Å². The van der Waals surface area contributed by atoms with Crippen molar-refractivity contribution in [3.05, 3.63) is 60.6 Å². The molecule has 0 saturated heterocycles. The summed E-state index contributed by atoms with van der Waals surface area (Å²) in [5.41, 5.74) is 2.00. The number of furan rings is 1. The van der Waals surface area contributed by atoms with Crippen molar-refractivity contribution < 1.29 is 4.42 Å². The molecule has 0 spiro atoms. The number of hydrogen-bond donors (Lipinski definition) is 2. The van der Waals surface area contributed by atoms with E-state index in [1.165, 1.54) is 32.1 Å². The lowest BCUT2D eigenvalue weighted by Crippen LogP contribution is -2.23. The summed E-state index contributed by atoms with van der Waals surface area (Å²) < 4.78 is 5.39. The van der Waals surface area contributed by atoms with Gasteiger partial charge in [-0.05, 0) is 25.0 Å². The van der Waals surface area contributed by atoms with Gasteiger partial charge >= 0.3 is 0 Å². The molecule has 2 N–H and O–H groups in total. The van der Waals surface area contributed by atoms with Crippen LogP contribution in [-0.2, 0) is 6.54 Å². The first-order chi connectivity index (χ1) is 12.9. The normalized spacial score (nSPS) is 14.9. The molecular weight excluding hydrogens is 324 g/mol. The van der Waals surface area contributed by atoms with Gasteiger partial charge in [0.2, 0.25) is 5.95 Å². The molecule has 2 heterocycles. The van der Waals surface area contributed by atoms with Crippen molar-refractivity contribution in [2.45, 2.75) is 44.7 Å². The molecule has 1 aromatic carbocycles. The highest BCUT2D eigenvalue weighted by molar-refractivity contribution is 5.64. The molecule has 3 aromatic rings. The van der Waals surface area contributed by atoms with Crippen LogP contribution in [0, 0.1) is 0 Å². The van der Waals surface area contributed by atoms with Gasteiger partial charge in [0.25, 0.3) is 0 Å². The summed E-state index contributed by atoms with van der Waals surface area (Å²) >= 11 is 0. The molecule has 0 radical (unpaired) electrons. The van der Waals surface area contributed by atoms with Gasteiger partial charge in [-0.2, -0.15) is 4.98 Å². The van der Waals surface area contributed by atoms with Crippen LogP contribution < -0.4 is 10.6 Å². The van der Waals surface area contributed by atoms with Crippen molar-refractivity contribution in [2.24, 2.45) is 0 Å². The monoisotopic (exact) mass is 348 g/mol. The lowest BCUT2D eigenvalue weighted by atomic mass is 9.95. The maximum atomic E-state index is 5.39. The Labute approximate surface area is 153 Å². The zero-order valence-corrected chi connectivity index (χ0v) is 14.8. The quantitative estimate of drug-likeness (QED) is 0.649. The Morgan fingerprint density at radius 1 is 0.962 bits per heavy atom. The first-order valence-electron chi connectivity index (χ1n) is 9.34. The highest BCUT2D eigenvalue weighted by Gasteiger charge is 2.15. The molecule has 0 unspecified atom stereocenters. The molecule has 1 saturated carbocycles. The van der Waals surface area contributed by atoms with E-state index in [-0.39, 0.29) is 0 Å². The highest BCUT2D eigenvalue weighted by Crippen LogP contribution is 2.25. The average Bonchev–Trinajstić information content (AvgIpc) is 3.21. The summed E-state index contributed by atoms with van der Waals surface area (Å²) in [6.45, 7) is 0.564. The van der Waals surface area contributed by atoms with E-state index in [9.17, 15) is 0 Å². The fourth-order valence-electron chi connectivity index (χ4n) is 3.39. The second-order valence-corrected chi connectivity index (χ2v) is 6.74. The standard InChI is InChI=1S/C21H24N4O/c1-3-8-16(9-4-1)19-14-20(23-17-10-5-2-6-11-17)25-21(24-19)22-15-18-12-7-13-26-18/h1,3-4,7-9,12-14,17H,2,5-6,10-11,15H2,(H2,22,23,24,25). The van der Waals surface area contributed by atoms with Crippen LogP contribution in [0.4, 0.5) is 11.8 Å². The Balaban J connectivity index is 1.58. The minimum absolute atomic E-state index is 0.500. The Kier molecular flexibility index (Phi) is 5.14. The molecule has 134 valence electrons. The van der Waals surface area contributed by atoms with Gasteiger partial charge in [0, 0.05) is 17.7 Å². The summed E-state index contributed by atoms with van der Waals surface area (Å²) in [7, 11) is 0. The topological polar surface area (TPSA) is 63.0 Å². The van der Waals surface area contributed by atoms with Crippen LogP contribution >= 0.6 is 0 Å². The average molecular weight is 348 g/mol. The highest BCUT2D eigenvalue weighted by atomic mass is 16.3.